The molecule has 0 saturated carbocycles. The molecule has 0 atom stereocenters. The molecule has 0 spiro atoms. The first-order valence-electron chi connectivity index (χ1n) is 6.04. The third-order valence-electron chi connectivity index (χ3n) is 2.41. The highest BCUT2D eigenvalue weighted by atomic mass is 16.5. The Morgan fingerprint density at radius 1 is 1.42 bits per heavy atom. The second-order valence-electron chi connectivity index (χ2n) is 4.60. The number of allylic oxidation sites excluding steroid dienone is 1. The van der Waals surface area contributed by atoms with E-state index in [9.17, 15) is 4.79 Å². The van der Waals surface area contributed by atoms with Crippen LogP contribution in [0.3, 0.4) is 0 Å². The first-order valence-corrected chi connectivity index (χ1v) is 6.04. The van der Waals surface area contributed by atoms with E-state index in [4.69, 9.17) is 10.00 Å². The summed E-state index contributed by atoms with van der Waals surface area (Å²) in [5.74, 6) is -0.498. The Labute approximate surface area is 113 Å². The Bertz CT molecular complexity index is 525. The number of benzene rings is 1. The molecule has 0 aliphatic carbocycles. The quantitative estimate of drug-likeness (QED) is 0.473. The molecule has 0 heterocycles. The SMILES string of the molecule is CC(C)OC(=O)C=C(C#N)c1cccc(N(C)C)c1. The molecule has 0 unspecified atom stereocenters. The van der Waals surface area contributed by atoms with Gasteiger partial charge in [-0.05, 0) is 31.5 Å². The molecule has 0 amide bonds. The molecule has 0 aromatic heterocycles. The molecule has 4 heteroatoms. The van der Waals surface area contributed by atoms with Gasteiger partial charge in [-0.15, -0.1) is 0 Å². The largest absolute Gasteiger partial charge is 0.460 e. The number of hydrogen-bond acceptors (Lipinski definition) is 4. The molecule has 19 heavy (non-hydrogen) atoms. The Hall–Kier alpha value is -2.28. The second-order valence-corrected chi connectivity index (χ2v) is 4.60. The van der Waals surface area contributed by atoms with Crippen LogP contribution in [0.2, 0.25) is 0 Å². The topological polar surface area (TPSA) is 53.3 Å². The summed E-state index contributed by atoms with van der Waals surface area (Å²) in [5.41, 5.74) is 1.97. The second kappa shape index (κ2) is 6.60. The van der Waals surface area contributed by atoms with Gasteiger partial charge in [-0.25, -0.2) is 4.79 Å². The number of carbonyl (C=O) groups excluding carboxylic acids is 1. The molecule has 1 rings (SSSR count). The summed E-state index contributed by atoms with van der Waals surface area (Å²) >= 11 is 0. The average molecular weight is 258 g/mol. The van der Waals surface area contributed by atoms with Gasteiger partial charge in [0.15, 0.2) is 0 Å². The molecule has 100 valence electrons. The number of hydrogen-bond donors (Lipinski definition) is 0. The molecule has 0 aliphatic rings. The Kier molecular flexibility index (Phi) is 5.13. The van der Waals surface area contributed by atoms with Gasteiger partial charge in [0.05, 0.1) is 11.7 Å². The minimum Gasteiger partial charge on any atom is -0.460 e. The van der Waals surface area contributed by atoms with Crippen molar-refractivity contribution in [3.05, 3.63) is 35.9 Å². The monoisotopic (exact) mass is 258 g/mol. The summed E-state index contributed by atoms with van der Waals surface area (Å²) in [6.07, 6.45) is 1.03. The van der Waals surface area contributed by atoms with Crippen molar-refractivity contribution in [1.82, 2.24) is 0 Å². The zero-order valence-electron chi connectivity index (χ0n) is 11.7. The predicted octanol–water partition coefficient (Wildman–Crippen LogP) is 2.61. The van der Waals surface area contributed by atoms with Crippen molar-refractivity contribution in [2.75, 3.05) is 19.0 Å². The molecule has 1 aromatic rings. The van der Waals surface area contributed by atoms with Gasteiger partial charge in [0.2, 0.25) is 0 Å². The third-order valence-corrected chi connectivity index (χ3v) is 2.41. The lowest BCUT2D eigenvalue weighted by molar-refractivity contribution is -0.141. The van der Waals surface area contributed by atoms with Crippen molar-refractivity contribution < 1.29 is 9.53 Å². The summed E-state index contributed by atoms with van der Waals surface area (Å²) in [4.78, 5) is 13.5. The standard InChI is InChI=1S/C15H18N2O2/c1-11(2)19-15(18)9-13(10-16)12-6-5-7-14(8-12)17(3)4/h5-9,11H,1-4H3. The maximum absolute atomic E-state index is 11.6. The average Bonchev–Trinajstić information content (AvgIpc) is 2.35. The van der Waals surface area contributed by atoms with E-state index in [1.165, 1.54) is 6.08 Å². The van der Waals surface area contributed by atoms with Crippen LogP contribution >= 0.6 is 0 Å². The van der Waals surface area contributed by atoms with Crippen LogP contribution in [0, 0.1) is 11.3 Å². The van der Waals surface area contributed by atoms with Crippen LogP contribution in [0.25, 0.3) is 5.57 Å². The maximum atomic E-state index is 11.6. The molecular weight excluding hydrogens is 240 g/mol. The van der Waals surface area contributed by atoms with Crippen LogP contribution < -0.4 is 4.90 Å². The van der Waals surface area contributed by atoms with Gasteiger partial charge in [0.25, 0.3) is 0 Å². The number of nitrogens with zero attached hydrogens (tertiary/aromatic N) is 2. The molecule has 0 bridgehead atoms. The van der Waals surface area contributed by atoms with E-state index in [0.717, 1.165) is 5.69 Å². The van der Waals surface area contributed by atoms with Gasteiger partial charge in [-0.2, -0.15) is 5.26 Å². The third kappa shape index (κ3) is 4.47. The molecule has 0 aliphatic heterocycles. The van der Waals surface area contributed by atoms with Crippen molar-refractivity contribution >= 4 is 17.2 Å². The van der Waals surface area contributed by atoms with Crippen molar-refractivity contribution in [1.29, 1.82) is 5.26 Å². The minimum atomic E-state index is -0.498. The lowest BCUT2D eigenvalue weighted by atomic mass is 10.1. The van der Waals surface area contributed by atoms with E-state index in [1.807, 2.05) is 43.3 Å². The smallest absolute Gasteiger partial charge is 0.332 e. The maximum Gasteiger partial charge on any atom is 0.332 e. The molecule has 0 saturated heterocycles. The summed E-state index contributed by atoms with van der Waals surface area (Å²) in [6, 6.07) is 9.47. The van der Waals surface area contributed by atoms with Gasteiger partial charge in [-0.1, -0.05) is 12.1 Å². The Morgan fingerprint density at radius 2 is 2.11 bits per heavy atom. The molecular formula is C15H18N2O2. The number of carbonyl (C=O) groups is 1. The van der Waals surface area contributed by atoms with Crippen molar-refractivity contribution in [2.45, 2.75) is 20.0 Å². The van der Waals surface area contributed by atoms with E-state index in [2.05, 4.69) is 0 Å². The van der Waals surface area contributed by atoms with Gasteiger partial charge in [-0.3, -0.25) is 0 Å². The number of anilines is 1. The first kappa shape index (κ1) is 14.8. The van der Waals surface area contributed by atoms with Crippen LogP contribution in [0.5, 0.6) is 0 Å². The minimum absolute atomic E-state index is 0.197. The number of rotatable bonds is 4. The number of ether oxygens (including phenoxy) is 1. The van der Waals surface area contributed by atoms with Crippen LogP contribution in [0.15, 0.2) is 30.3 Å². The lowest BCUT2D eigenvalue weighted by Crippen LogP contribution is -2.10. The Balaban J connectivity index is 3.04. The fourth-order valence-electron chi connectivity index (χ4n) is 1.52. The highest BCUT2D eigenvalue weighted by Gasteiger charge is 2.08. The van der Waals surface area contributed by atoms with Gasteiger partial charge >= 0.3 is 5.97 Å². The van der Waals surface area contributed by atoms with Gasteiger partial charge in [0.1, 0.15) is 6.07 Å². The van der Waals surface area contributed by atoms with Crippen molar-refractivity contribution in [3.8, 4) is 6.07 Å². The van der Waals surface area contributed by atoms with Gasteiger partial charge < -0.3 is 9.64 Å². The van der Waals surface area contributed by atoms with E-state index >= 15 is 0 Å². The number of nitriles is 1. The zero-order chi connectivity index (χ0) is 14.4. The predicted molar refractivity (Wildman–Crippen MR) is 75.6 cm³/mol. The molecule has 4 nitrogen and oxygen atoms in total. The fourth-order valence-corrected chi connectivity index (χ4v) is 1.52. The molecule has 0 radical (unpaired) electrons. The van der Waals surface area contributed by atoms with Crippen LogP contribution in [0.4, 0.5) is 5.69 Å². The molecule has 1 aromatic carbocycles. The summed E-state index contributed by atoms with van der Waals surface area (Å²) < 4.78 is 5.00. The highest BCUT2D eigenvalue weighted by Crippen LogP contribution is 2.20. The Morgan fingerprint density at radius 3 is 2.63 bits per heavy atom. The highest BCUT2D eigenvalue weighted by molar-refractivity contribution is 5.95. The van der Waals surface area contributed by atoms with E-state index in [-0.39, 0.29) is 6.10 Å². The number of esters is 1. The van der Waals surface area contributed by atoms with Crippen LogP contribution in [0.1, 0.15) is 19.4 Å². The van der Waals surface area contributed by atoms with Crippen molar-refractivity contribution in [2.24, 2.45) is 0 Å². The van der Waals surface area contributed by atoms with Crippen molar-refractivity contribution in [3.63, 3.8) is 0 Å². The van der Waals surface area contributed by atoms with E-state index in [1.54, 1.807) is 19.9 Å². The molecule has 0 fully saturated rings. The molecule has 0 N–H and O–H groups in total. The normalized spacial score (nSPS) is 11.1. The summed E-state index contributed by atoms with van der Waals surface area (Å²) in [5, 5.41) is 9.15. The van der Waals surface area contributed by atoms with Gasteiger partial charge in [0, 0.05) is 25.9 Å². The van der Waals surface area contributed by atoms with Crippen LogP contribution in [-0.4, -0.2) is 26.2 Å². The first-order chi connectivity index (χ1) is 8.93. The van der Waals surface area contributed by atoms with E-state index in [0.29, 0.717) is 11.1 Å². The summed E-state index contributed by atoms with van der Waals surface area (Å²) in [7, 11) is 3.84. The fraction of sp³-hybridized carbons (Fsp3) is 0.333. The van der Waals surface area contributed by atoms with E-state index < -0.39 is 5.97 Å². The van der Waals surface area contributed by atoms with Crippen LogP contribution in [-0.2, 0) is 9.53 Å². The summed E-state index contributed by atoms with van der Waals surface area (Å²) in [6.45, 7) is 3.54. The lowest BCUT2D eigenvalue weighted by Gasteiger charge is -2.13. The zero-order valence-corrected chi connectivity index (χ0v) is 11.7.